The third-order valence-corrected chi connectivity index (χ3v) is 3.34. The van der Waals surface area contributed by atoms with Crippen LogP contribution < -0.4 is 15.8 Å². The van der Waals surface area contributed by atoms with Gasteiger partial charge in [0.2, 0.25) is 0 Å². The maximum Gasteiger partial charge on any atom is 0.142 e. The zero-order valence-electron chi connectivity index (χ0n) is 10.1. The van der Waals surface area contributed by atoms with Gasteiger partial charge in [0.05, 0.1) is 18.0 Å². The van der Waals surface area contributed by atoms with Crippen LogP contribution in [0, 0.1) is 3.57 Å². The predicted molar refractivity (Wildman–Crippen MR) is 84.5 cm³/mol. The van der Waals surface area contributed by atoms with E-state index in [0.717, 1.165) is 26.4 Å². The Labute approximate surface area is 120 Å². The van der Waals surface area contributed by atoms with Crippen LogP contribution in [0.1, 0.15) is 6.92 Å². The molecule has 0 aliphatic carbocycles. The molecular weight excluding hydrogens is 339 g/mol. The molecule has 2 aromatic carbocycles. The van der Waals surface area contributed by atoms with Crippen molar-refractivity contribution in [2.24, 2.45) is 0 Å². The second-order valence-electron chi connectivity index (χ2n) is 3.79. The molecule has 0 unspecified atom stereocenters. The molecule has 0 saturated heterocycles. The summed E-state index contributed by atoms with van der Waals surface area (Å²) in [6.45, 7) is 2.63. The van der Waals surface area contributed by atoms with Gasteiger partial charge >= 0.3 is 0 Å². The van der Waals surface area contributed by atoms with E-state index in [-0.39, 0.29) is 0 Å². The van der Waals surface area contributed by atoms with Gasteiger partial charge in [0.1, 0.15) is 5.75 Å². The number of nitrogens with one attached hydrogen (secondary N) is 1. The summed E-state index contributed by atoms with van der Waals surface area (Å²) >= 11 is 2.26. The van der Waals surface area contributed by atoms with Crippen LogP contribution >= 0.6 is 22.6 Å². The van der Waals surface area contributed by atoms with Gasteiger partial charge in [-0.15, -0.1) is 0 Å². The summed E-state index contributed by atoms with van der Waals surface area (Å²) in [6, 6.07) is 13.7. The first-order valence-corrected chi connectivity index (χ1v) is 6.82. The van der Waals surface area contributed by atoms with Gasteiger partial charge in [0.15, 0.2) is 0 Å². The third kappa shape index (κ3) is 3.07. The molecule has 94 valence electrons. The van der Waals surface area contributed by atoms with E-state index in [1.807, 2.05) is 49.4 Å². The highest BCUT2D eigenvalue weighted by molar-refractivity contribution is 14.1. The highest BCUT2D eigenvalue weighted by Gasteiger charge is 2.05. The van der Waals surface area contributed by atoms with Gasteiger partial charge in [-0.3, -0.25) is 0 Å². The molecule has 0 aromatic heterocycles. The van der Waals surface area contributed by atoms with Gasteiger partial charge < -0.3 is 15.8 Å². The molecule has 2 aromatic rings. The van der Waals surface area contributed by atoms with E-state index in [1.165, 1.54) is 0 Å². The van der Waals surface area contributed by atoms with E-state index in [1.54, 1.807) is 0 Å². The van der Waals surface area contributed by atoms with Crippen molar-refractivity contribution in [1.82, 2.24) is 0 Å². The molecule has 18 heavy (non-hydrogen) atoms. The number of halogens is 1. The lowest BCUT2D eigenvalue weighted by molar-refractivity contribution is 0.342. The van der Waals surface area contributed by atoms with Crippen LogP contribution in [0.4, 0.5) is 17.1 Å². The van der Waals surface area contributed by atoms with Gasteiger partial charge in [0, 0.05) is 9.26 Å². The van der Waals surface area contributed by atoms with Crippen molar-refractivity contribution in [2.45, 2.75) is 6.92 Å². The summed E-state index contributed by atoms with van der Waals surface area (Å²) in [7, 11) is 0. The van der Waals surface area contributed by atoms with Crippen molar-refractivity contribution in [1.29, 1.82) is 0 Å². The van der Waals surface area contributed by atoms with Crippen molar-refractivity contribution in [3.05, 3.63) is 46.0 Å². The molecule has 0 fully saturated rings. The summed E-state index contributed by atoms with van der Waals surface area (Å²) in [5, 5.41) is 3.36. The molecule has 0 radical (unpaired) electrons. The number of nitrogen functional groups attached to an aromatic ring is 1. The minimum Gasteiger partial charge on any atom is -0.492 e. The Bertz CT molecular complexity index is 543. The Hall–Kier alpha value is -1.43. The van der Waals surface area contributed by atoms with Crippen LogP contribution in [0.3, 0.4) is 0 Å². The molecule has 0 bridgehead atoms. The number of nitrogens with two attached hydrogens (primary N) is 1. The van der Waals surface area contributed by atoms with Crippen LogP contribution in [0.15, 0.2) is 42.5 Å². The highest BCUT2D eigenvalue weighted by atomic mass is 127. The van der Waals surface area contributed by atoms with Gasteiger partial charge in [-0.05, 0) is 59.8 Å². The monoisotopic (exact) mass is 354 g/mol. The van der Waals surface area contributed by atoms with Gasteiger partial charge in [-0.25, -0.2) is 0 Å². The zero-order chi connectivity index (χ0) is 13.0. The molecule has 0 heterocycles. The fourth-order valence-corrected chi connectivity index (χ4v) is 2.30. The fraction of sp³-hybridized carbons (Fsp3) is 0.143. The number of benzene rings is 2. The number of para-hydroxylation sites is 2. The van der Waals surface area contributed by atoms with E-state index in [4.69, 9.17) is 10.5 Å². The first kappa shape index (κ1) is 13.0. The first-order chi connectivity index (χ1) is 8.70. The molecule has 3 N–H and O–H groups in total. The van der Waals surface area contributed by atoms with Gasteiger partial charge in [0.25, 0.3) is 0 Å². The van der Waals surface area contributed by atoms with E-state index in [2.05, 4.69) is 27.9 Å². The zero-order valence-corrected chi connectivity index (χ0v) is 12.3. The smallest absolute Gasteiger partial charge is 0.142 e. The standard InChI is InChI=1S/C14H15IN2O/c1-2-18-14-6-4-3-5-13(14)17-12-8-7-10(16)9-11(12)15/h3-9,17H,2,16H2,1H3. The number of rotatable bonds is 4. The number of hydrogen-bond acceptors (Lipinski definition) is 3. The molecule has 0 atom stereocenters. The summed E-state index contributed by atoms with van der Waals surface area (Å²) in [5.41, 5.74) is 8.49. The van der Waals surface area contributed by atoms with Crippen LogP contribution in [-0.2, 0) is 0 Å². The third-order valence-electron chi connectivity index (χ3n) is 2.45. The lowest BCUT2D eigenvalue weighted by Gasteiger charge is -2.13. The van der Waals surface area contributed by atoms with Crippen LogP contribution in [0.25, 0.3) is 0 Å². The normalized spacial score (nSPS) is 10.1. The molecule has 0 aliphatic rings. The van der Waals surface area contributed by atoms with Crippen molar-refractivity contribution < 1.29 is 4.74 Å². The highest BCUT2D eigenvalue weighted by Crippen LogP contribution is 2.30. The molecule has 3 nitrogen and oxygen atoms in total. The molecule has 2 rings (SSSR count). The second kappa shape index (κ2) is 5.95. The average Bonchev–Trinajstić information content (AvgIpc) is 2.35. The fourth-order valence-electron chi connectivity index (χ4n) is 1.63. The van der Waals surface area contributed by atoms with Crippen molar-refractivity contribution in [3.8, 4) is 5.75 Å². The number of ether oxygens (including phenoxy) is 1. The molecule has 0 aliphatic heterocycles. The Balaban J connectivity index is 2.28. The van der Waals surface area contributed by atoms with Crippen molar-refractivity contribution in [3.63, 3.8) is 0 Å². The largest absolute Gasteiger partial charge is 0.492 e. The average molecular weight is 354 g/mol. The topological polar surface area (TPSA) is 47.3 Å². The summed E-state index contributed by atoms with van der Waals surface area (Å²) < 4.78 is 6.67. The van der Waals surface area contributed by atoms with Crippen LogP contribution in [0.2, 0.25) is 0 Å². The second-order valence-corrected chi connectivity index (χ2v) is 4.96. The minimum atomic E-state index is 0.650. The molecule has 0 spiro atoms. The molecule has 4 heteroatoms. The Morgan fingerprint density at radius 1 is 1.17 bits per heavy atom. The van der Waals surface area contributed by atoms with E-state index < -0.39 is 0 Å². The Morgan fingerprint density at radius 2 is 1.94 bits per heavy atom. The Morgan fingerprint density at radius 3 is 2.67 bits per heavy atom. The van der Waals surface area contributed by atoms with E-state index in [0.29, 0.717) is 6.61 Å². The van der Waals surface area contributed by atoms with Crippen LogP contribution in [-0.4, -0.2) is 6.61 Å². The lowest BCUT2D eigenvalue weighted by Crippen LogP contribution is -1.99. The summed E-state index contributed by atoms with van der Waals surface area (Å²) in [5.74, 6) is 0.854. The number of anilines is 3. The number of hydrogen-bond donors (Lipinski definition) is 2. The van der Waals surface area contributed by atoms with Crippen molar-refractivity contribution in [2.75, 3.05) is 17.7 Å². The molecular formula is C14H15IN2O. The minimum absolute atomic E-state index is 0.650. The molecule has 0 amide bonds. The Kier molecular flexibility index (Phi) is 4.30. The maximum absolute atomic E-state index is 5.74. The van der Waals surface area contributed by atoms with Gasteiger partial charge in [-0.2, -0.15) is 0 Å². The quantitative estimate of drug-likeness (QED) is 0.644. The maximum atomic E-state index is 5.74. The van der Waals surface area contributed by atoms with Crippen molar-refractivity contribution >= 4 is 39.7 Å². The summed E-state index contributed by atoms with van der Waals surface area (Å²) in [6.07, 6.45) is 0. The van der Waals surface area contributed by atoms with E-state index in [9.17, 15) is 0 Å². The van der Waals surface area contributed by atoms with E-state index >= 15 is 0 Å². The van der Waals surface area contributed by atoms with Crippen LogP contribution in [0.5, 0.6) is 5.75 Å². The summed E-state index contributed by atoms with van der Waals surface area (Å²) in [4.78, 5) is 0. The molecule has 0 saturated carbocycles. The SMILES string of the molecule is CCOc1ccccc1Nc1ccc(N)cc1I. The predicted octanol–water partition coefficient (Wildman–Crippen LogP) is 4.02. The first-order valence-electron chi connectivity index (χ1n) is 5.74. The van der Waals surface area contributed by atoms with Gasteiger partial charge in [-0.1, -0.05) is 12.1 Å². The lowest BCUT2D eigenvalue weighted by atomic mass is 10.2.